The molecule has 1 aliphatic carbocycles. The summed E-state index contributed by atoms with van der Waals surface area (Å²) in [6, 6.07) is 68.4. The molecule has 0 saturated heterocycles. The highest BCUT2D eigenvalue weighted by molar-refractivity contribution is 6.23. The van der Waals surface area contributed by atoms with Gasteiger partial charge in [-0.05, 0) is 97.8 Å². The van der Waals surface area contributed by atoms with Crippen molar-refractivity contribution in [1.82, 2.24) is 9.88 Å². The van der Waals surface area contributed by atoms with Gasteiger partial charge in [0, 0.05) is 27.6 Å². The minimum atomic E-state index is 0.00875. The zero-order chi connectivity index (χ0) is 38.4. The lowest BCUT2D eigenvalue weighted by atomic mass is 9.91. The molecule has 0 spiro atoms. The van der Waals surface area contributed by atoms with Gasteiger partial charge in [0.2, 0.25) is 0 Å². The Bertz CT molecular complexity index is 3130. The number of benzene rings is 8. The molecular formula is C56H40N2. The van der Waals surface area contributed by atoms with Crippen molar-refractivity contribution in [2.45, 2.75) is 12.5 Å². The molecule has 1 unspecified atom stereocenters. The van der Waals surface area contributed by atoms with Gasteiger partial charge in [-0.25, -0.2) is 0 Å². The first-order valence-electron chi connectivity index (χ1n) is 20.2. The molecule has 0 saturated carbocycles. The largest absolute Gasteiger partial charge is 0.374 e. The van der Waals surface area contributed by atoms with Gasteiger partial charge in [0.05, 0.1) is 17.1 Å². The highest BCUT2D eigenvalue weighted by atomic mass is 15.0. The third kappa shape index (κ3) is 5.98. The van der Waals surface area contributed by atoms with Crippen molar-refractivity contribution >= 4 is 55.6 Å². The van der Waals surface area contributed by atoms with E-state index in [1.807, 2.05) is 0 Å². The van der Waals surface area contributed by atoms with Gasteiger partial charge >= 0.3 is 0 Å². The first-order chi connectivity index (χ1) is 28.7. The lowest BCUT2D eigenvalue weighted by Crippen LogP contribution is -2.22. The van der Waals surface area contributed by atoms with Gasteiger partial charge in [-0.1, -0.05) is 188 Å². The number of fused-ring (bicyclic) bond motifs is 6. The first-order valence-corrected chi connectivity index (χ1v) is 20.2. The molecule has 1 aliphatic heterocycles. The van der Waals surface area contributed by atoms with Gasteiger partial charge in [-0.15, -0.1) is 0 Å². The van der Waals surface area contributed by atoms with Gasteiger partial charge in [-0.2, -0.15) is 0 Å². The number of allylic oxidation sites excluding steroid dienone is 5. The molecule has 2 aliphatic rings. The summed E-state index contributed by atoms with van der Waals surface area (Å²) in [6.07, 6.45) is 12.4. The van der Waals surface area contributed by atoms with Crippen LogP contribution in [0.3, 0.4) is 0 Å². The number of aromatic nitrogens is 1. The molecule has 11 rings (SSSR count). The van der Waals surface area contributed by atoms with Crippen molar-refractivity contribution in [2.75, 3.05) is 0 Å². The Morgan fingerprint density at radius 3 is 1.90 bits per heavy atom. The lowest BCUT2D eigenvalue weighted by Gasteiger charge is -2.26. The van der Waals surface area contributed by atoms with E-state index >= 15 is 0 Å². The summed E-state index contributed by atoms with van der Waals surface area (Å²) < 4.78 is 2.50. The molecule has 9 aromatic rings. The van der Waals surface area contributed by atoms with E-state index in [2.05, 4.69) is 228 Å². The molecule has 1 N–H and O–H groups in total. The standard InChI is InChI=1S/C56H40N2/c1-4-15-38(16-5-1)39-27-29-40(30-28-39)43-21-14-22-44-34-46(32-31-45(44)33-43)51-37-52-49-24-12-13-26-55(49)58(56(52)50-25-11-10-23-48(50)51)47-35-53(41-17-6-2-7-18-41)57-54(36-47)42-19-8-3-9-20-42/h1-32,34-37,53,57H,33H2. The molecule has 8 aromatic carbocycles. The smallest absolute Gasteiger partial charge is 0.0721 e. The van der Waals surface area contributed by atoms with Crippen LogP contribution in [0.4, 0.5) is 0 Å². The summed E-state index contributed by atoms with van der Waals surface area (Å²) in [6.45, 7) is 0. The fourth-order valence-electron chi connectivity index (χ4n) is 9.03. The van der Waals surface area contributed by atoms with Crippen LogP contribution in [-0.4, -0.2) is 4.57 Å². The molecule has 0 amide bonds. The number of rotatable bonds is 6. The average Bonchev–Trinajstić information content (AvgIpc) is 3.48. The summed E-state index contributed by atoms with van der Waals surface area (Å²) in [4.78, 5) is 0. The molecule has 0 radical (unpaired) electrons. The van der Waals surface area contributed by atoms with E-state index in [0.29, 0.717) is 0 Å². The van der Waals surface area contributed by atoms with E-state index in [1.54, 1.807) is 0 Å². The highest BCUT2D eigenvalue weighted by Gasteiger charge is 2.23. The second kappa shape index (κ2) is 14.3. The van der Waals surface area contributed by atoms with Crippen molar-refractivity contribution < 1.29 is 0 Å². The van der Waals surface area contributed by atoms with Crippen LogP contribution in [-0.2, 0) is 6.42 Å². The minimum Gasteiger partial charge on any atom is -0.374 e. The van der Waals surface area contributed by atoms with Gasteiger partial charge in [-0.3, -0.25) is 0 Å². The van der Waals surface area contributed by atoms with Crippen molar-refractivity contribution in [3.05, 3.63) is 240 Å². The fourth-order valence-corrected chi connectivity index (χ4v) is 9.03. The Hall–Kier alpha value is -7.42. The van der Waals surface area contributed by atoms with Crippen molar-refractivity contribution in [2.24, 2.45) is 0 Å². The summed E-state index contributed by atoms with van der Waals surface area (Å²) in [7, 11) is 0. The molecule has 0 bridgehead atoms. The molecular weight excluding hydrogens is 701 g/mol. The molecule has 0 fully saturated rings. The van der Waals surface area contributed by atoms with Crippen LogP contribution in [0.25, 0.3) is 77.9 Å². The monoisotopic (exact) mass is 740 g/mol. The topological polar surface area (TPSA) is 17.0 Å². The predicted molar refractivity (Wildman–Crippen MR) is 246 cm³/mol. The van der Waals surface area contributed by atoms with Crippen LogP contribution in [0.15, 0.2) is 212 Å². The van der Waals surface area contributed by atoms with E-state index in [9.17, 15) is 0 Å². The number of hydrogen-bond acceptors (Lipinski definition) is 1. The first kappa shape index (κ1) is 33.9. The fraction of sp³-hybridized carbons (Fsp3) is 0.0357. The third-order valence-corrected chi connectivity index (χ3v) is 11.9. The van der Waals surface area contributed by atoms with Crippen LogP contribution in [0.1, 0.15) is 33.9 Å². The van der Waals surface area contributed by atoms with Crippen LogP contribution in [0.2, 0.25) is 0 Å². The van der Waals surface area contributed by atoms with Crippen LogP contribution < -0.4 is 5.32 Å². The Kier molecular flexibility index (Phi) is 8.33. The summed E-state index contributed by atoms with van der Waals surface area (Å²) in [5.74, 6) is 0. The van der Waals surface area contributed by atoms with Crippen LogP contribution >= 0.6 is 0 Å². The van der Waals surface area contributed by atoms with E-state index < -0.39 is 0 Å². The zero-order valence-corrected chi connectivity index (χ0v) is 32.0. The average molecular weight is 741 g/mol. The van der Waals surface area contributed by atoms with Crippen LogP contribution in [0, 0.1) is 0 Å². The van der Waals surface area contributed by atoms with Gasteiger partial charge in [0.15, 0.2) is 0 Å². The number of nitrogens with one attached hydrogen (secondary N) is 1. The predicted octanol–water partition coefficient (Wildman–Crippen LogP) is 14.2. The SMILES string of the molecule is C1=Cc2cc(-c3cc4c5ccccc5n(C5=CC(c6ccccc6)NC(c6ccccc6)=C5)c4c4ccccc34)ccc2CC(c2ccc(-c3ccccc3)cc2)=C1. The summed E-state index contributed by atoms with van der Waals surface area (Å²) in [5, 5.41) is 8.84. The Morgan fingerprint density at radius 1 is 0.500 bits per heavy atom. The van der Waals surface area contributed by atoms with Crippen molar-refractivity contribution in [3.8, 4) is 22.3 Å². The lowest BCUT2D eigenvalue weighted by molar-refractivity contribution is 0.762. The van der Waals surface area contributed by atoms with Crippen molar-refractivity contribution in [3.63, 3.8) is 0 Å². The number of para-hydroxylation sites is 1. The molecule has 1 aromatic heterocycles. The molecule has 2 heteroatoms. The third-order valence-electron chi connectivity index (χ3n) is 11.9. The van der Waals surface area contributed by atoms with Crippen LogP contribution in [0.5, 0.6) is 0 Å². The second-order valence-electron chi connectivity index (χ2n) is 15.4. The maximum atomic E-state index is 3.85. The molecule has 2 heterocycles. The van der Waals surface area contributed by atoms with Gasteiger partial charge in [0.25, 0.3) is 0 Å². The Balaban J connectivity index is 1.03. The van der Waals surface area contributed by atoms with E-state index in [-0.39, 0.29) is 6.04 Å². The van der Waals surface area contributed by atoms with E-state index in [4.69, 9.17) is 0 Å². The number of hydrogen-bond donors (Lipinski definition) is 1. The number of dihydropyridines is 1. The summed E-state index contributed by atoms with van der Waals surface area (Å²) >= 11 is 0. The molecule has 2 nitrogen and oxygen atoms in total. The Morgan fingerprint density at radius 2 is 1.12 bits per heavy atom. The Labute approximate surface area is 339 Å². The quantitative estimate of drug-likeness (QED) is 0.180. The van der Waals surface area contributed by atoms with Gasteiger partial charge < -0.3 is 9.88 Å². The second-order valence-corrected chi connectivity index (χ2v) is 15.4. The van der Waals surface area contributed by atoms with Gasteiger partial charge in [0.1, 0.15) is 0 Å². The highest BCUT2D eigenvalue weighted by Crippen LogP contribution is 2.43. The zero-order valence-electron chi connectivity index (χ0n) is 32.0. The normalized spacial score (nSPS) is 15.0. The molecule has 1 atom stereocenters. The summed E-state index contributed by atoms with van der Waals surface area (Å²) in [5.41, 5.74) is 17.2. The van der Waals surface area contributed by atoms with E-state index in [1.165, 1.54) is 88.2 Å². The maximum Gasteiger partial charge on any atom is 0.0721 e. The van der Waals surface area contributed by atoms with E-state index in [0.717, 1.165) is 17.8 Å². The molecule has 274 valence electrons. The molecule has 58 heavy (non-hydrogen) atoms. The van der Waals surface area contributed by atoms with Crippen molar-refractivity contribution in [1.29, 1.82) is 0 Å². The minimum absolute atomic E-state index is 0.00875. The number of nitrogens with zero attached hydrogens (tertiary/aromatic N) is 1. The maximum absolute atomic E-state index is 3.85.